The van der Waals surface area contributed by atoms with E-state index in [1.807, 2.05) is 6.92 Å². The van der Waals surface area contributed by atoms with E-state index in [2.05, 4.69) is 10.5 Å². The summed E-state index contributed by atoms with van der Waals surface area (Å²) in [6.45, 7) is 7.70. The van der Waals surface area contributed by atoms with Crippen LogP contribution in [0.25, 0.3) is 0 Å². The fraction of sp³-hybridized carbons (Fsp3) is 0.667. The predicted octanol–water partition coefficient (Wildman–Crippen LogP) is 1.30. The van der Waals surface area contributed by atoms with Gasteiger partial charge in [-0.15, -0.1) is 0 Å². The summed E-state index contributed by atoms with van der Waals surface area (Å²) in [5, 5.41) is 16.0. The maximum Gasteiger partial charge on any atom is 0.330 e. The Balaban J connectivity index is 2.10. The van der Waals surface area contributed by atoms with Crippen molar-refractivity contribution in [2.75, 3.05) is 6.61 Å². The number of nitrogens with zero attached hydrogens (tertiary/aromatic N) is 1. The molecule has 1 amide bonds. The summed E-state index contributed by atoms with van der Waals surface area (Å²) in [6.07, 6.45) is 0.0531. The van der Waals surface area contributed by atoms with Crippen molar-refractivity contribution >= 4 is 11.9 Å². The molecule has 7 heteroatoms. The first kappa shape index (κ1) is 16.5. The van der Waals surface area contributed by atoms with Crippen LogP contribution in [-0.4, -0.2) is 40.4 Å². The third-order valence-corrected chi connectivity index (χ3v) is 4.50. The summed E-state index contributed by atoms with van der Waals surface area (Å²) in [6, 6.07) is 1.65. The van der Waals surface area contributed by atoms with E-state index in [0.717, 1.165) is 0 Å². The van der Waals surface area contributed by atoms with Crippen LogP contribution in [0.15, 0.2) is 10.6 Å². The van der Waals surface area contributed by atoms with Crippen LogP contribution in [-0.2, 0) is 20.7 Å². The van der Waals surface area contributed by atoms with Gasteiger partial charge in [-0.1, -0.05) is 19.0 Å². The van der Waals surface area contributed by atoms with Gasteiger partial charge in [0.05, 0.1) is 18.2 Å². The molecule has 0 radical (unpaired) electrons. The van der Waals surface area contributed by atoms with Crippen molar-refractivity contribution in [1.82, 2.24) is 10.5 Å². The Morgan fingerprint density at radius 2 is 2.23 bits per heavy atom. The van der Waals surface area contributed by atoms with Crippen molar-refractivity contribution in [3.05, 3.63) is 17.5 Å². The Morgan fingerprint density at radius 1 is 1.55 bits per heavy atom. The van der Waals surface area contributed by atoms with E-state index in [1.165, 1.54) is 0 Å². The largest absolute Gasteiger partial charge is 0.479 e. The van der Waals surface area contributed by atoms with Crippen molar-refractivity contribution < 1.29 is 24.0 Å². The van der Waals surface area contributed by atoms with E-state index >= 15 is 0 Å². The number of carboxylic acids is 1. The van der Waals surface area contributed by atoms with Gasteiger partial charge in [0.1, 0.15) is 11.3 Å². The number of nitrogens with one attached hydrogen (secondary N) is 1. The molecule has 22 heavy (non-hydrogen) atoms. The fourth-order valence-electron chi connectivity index (χ4n) is 2.98. The molecular formula is C15H22N2O5. The van der Waals surface area contributed by atoms with Crippen molar-refractivity contribution in [3.63, 3.8) is 0 Å². The van der Waals surface area contributed by atoms with E-state index in [0.29, 0.717) is 18.1 Å². The third-order valence-electron chi connectivity index (χ3n) is 4.50. The Hall–Kier alpha value is -1.89. The first-order valence-corrected chi connectivity index (χ1v) is 7.31. The van der Waals surface area contributed by atoms with Gasteiger partial charge in [-0.25, -0.2) is 4.79 Å². The van der Waals surface area contributed by atoms with Gasteiger partial charge >= 0.3 is 5.97 Å². The van der Waals surface area contributed by atoms with E-state index < -0.39 is 22.8 Å². The second-order valence-electron chi connectivity index (χ2n) is 6.23. The molecule has 2 atom stereocenters. The van der Waals surface area contributed by atoms with Gasteiger partial charge < -0.3 is 19.7 Å². The molecule has 0 spiro atoms. The summed E-state index contributed by atoms with van der Waals surface area (Å²) in [4.78, 5) is 23.9. The monoisotopic (exact) mass is 310 g/mol. The minimum atomic E-state index is -1.32. The average Bonchev–Trinajstić information content (AvgIpc) is 2.82. The number of ether oxygens (including phenoxy) is 1. The van der Waals surface area contributed by atoms with Gasteiger partial charge in [0.25, 0.3) is 0 Å². The second-order valence-corrected chi connectivity index (χ2v) is 6.23. The minimum absolute atomic E-state index is 0.0122. The van der Waals surface area contributed by atoms with E-state index in [1.54, 1.807) is 26.8 Å². The Bertz CT molecular complexity index is 580. The Kier molecular flexibility index (Phi) is 4.28. The number of carbonyl (C=O) groups is 2. The molecular weight excluding hydrogens is 288 g/mol. The van der Waals surface area contributed by atoms with Gasteiger partial charge in [0.15, 0.2) is 0 Å². The second kappa shape index (κ2) is 5.72. The van der Waals surface area contributed by atoms with Crippen LogP contribution in [0, 0.1) is 12.3 Å². The summed E-state index contributed by atoms with van der Waals surface area (Å²) in [7, 11) is 0. The first-order valence-electron chi connectivity index (χ1n) is 7.31. The highest BCUT2D eigenvalue weighted by molar-refractivity contribution is 5.90. The molecule has 2 unspecified atom stereocenters. The van der Waals surface area contributed by atoms with Gasteiger partial charge in [-0.3, -0.25) is 4.79 Å². The summed E-state index contributed by atoms with van der Waals surface area (Å²) in [5.74, 6) is -0.826. The molecule has 1 aliphatic carbocycles. The SMILES string of the molecule is CCOC1CC(NC(=O)Cc2cc(C)on2)(C(=O)O)C1(C)C. The number of carboxylic acid groups (broad SMARTS) is 1. The number of rotatable bonds is 6. The Labute approximate surface area is 129 Å². The van der Waals surface area contributed by atoms with E-state index in [9.17, 15) is 14.7 Å². The molecule has 1 fully saturated rings. The van der Waals surface area contributed by atoms with Crippen LogP contribution in [0.4, 0.5) is 0 Å². The number of aryl methyl sites for hydroxylation is 1. The maximum absolute atomic E-state index is 12.2. The quantitative estimate of drug-likeness (QED) is 0.821. The molecule has 0 aromatic carbocycles. The Morgan fingerprint density at radius 3 is 2.68 bits per heavy atom. The van der Waals surface area contributed by atoms with E-state index in [-0.39, 0.29) is 18.9 Å². The van der Waals surface area contributed by atoms with Gasteiger partial charge in [0.2, 0.25) is 5.91 Å². The lowest BCUT2D eigenvalue weighted by atomic mass is 9.54. The van der Waals surface area contributed by atoms with Crippen LogP contribution in [0.2, 0.25) is 0 Å². The molecule has 0 aliphatic heterocycles. The van der Waals surface area contributed by atoms with Crippen molar-refractivity contribution in [1.29, 1.82) is 0 Å². The number of aliphatic carboxylic acids is 1. The van der Waals surface area contributed by atoms with Gasteiger partial charge in [0, 0.05) is 24.5 Å². The zero-order valence-electron chi connectivity index (χ0n) is 13.3. The van der Waals surface area contributed by atoms with Crippen LogP contribution in [0.1, 0.15) is 38.6 Å². The molecule has 1 aromatic heterocycles. The van der Waals surface area contributed by atoms with Crippen molar-refractivity contribution in [3.8, 4) is 0 Å². The van der Waals surface area contributed by atoms with Crippen LogP contribution >= 0.6 is 0 Å². The van der Waals surface area contributed by atoms with E-state index in [4.69, 9.17) is 9.26 Å². The van der Waals surface area contributed by atoms with Crippen LogP contribution < -0.4 is 5.32 Å². The highest BCUT2D eigenvalue weighted by Gasteiger charge is 2.66. The first-order chi connectivity index (χ1) is 10.2. The maximum atomic E-state index is 12.2. The van der Waals surface area contributed by atoms with Gasteiger partial charge in [-0.2, -0.15) is 0 Å². The number of hydrogen-bond acceptors (Lipinski definition) is 5. The molecule has 7 nitrogen and oxygen atoms in total. The standard InChI is InChI=1S/C15H22N2O5/c1-5-21-11-8-15(13(19)20,14(11,3)4)16-12(18)7-10-6-9(2)22-17-10/h6,11H,5,7-8H2,1-4H3,(H,16,18)(H,19,20). The smallest absolute Gasteiger partial charge is 0.330 e. The molecule has 0 saturated heterocycles. The van der Waals surface area contributed by atoms with Crippen LogP contribution in [0.5, 0.6) is 0 Å². The molecule has 0 bridgehead atoms. The molecule has 1 saturated carbocycles. The lowest BCUT2D eigenvalue weighted by molar-refractivity contribution is -0.194. The van der Waals surface area contributed by atoms with Crippen molar-refractivity contribution in [2.45, 2.75) is 52.2 Å². The summed E-state index contributed by atoms with van der Waals surface area (Å²) >= 11 is 0. The number of amides is 1. The third kappa shape index (κ3) is 2.61. The number of hydrogen-bond donors (Lipinski definition) is 2. The zero-order valence-corrected chi connectivity index (χ0v) is 13.3. The fourth-order valence-corrected chi connectivity index (χ4v) is 2.98. The topological polar surface area (TPSA) is 102 Å². The normalized spacial score (nSPS) is 26.3. The molecule has 122 valence electrons. The number of carbonyl (C=O) groups excluding carboxylic acids is 1. The highest BCUT2D eigenvalue weighted by Crippen LogP contribution is 2.51. The molecule has 1 aliphatic rings. The van der Waals surface area contributed by atoms with Crippen LogP contribution in [0.3, 0.4) is 0 Å². The molecule has 1 aromatic rings. The summed E-state index contributed by atoms with van der Waals surface area (Å²) in [5.41, 5.74) is -1.53. The molecule has 1 heterocycles. The lowest BCUT2D eigenvalue weighted by Gasteiger charge is -2.58. The average molecular weight is 310 g/mol. The zero-order chi connectivity index (χ0) is 16.5. The predicted molar refractivity (Wildman–Crippen MR) is 77.3 cm³/mol. The molecule has 2 N–H and O–H groups in total. The number of aromatic nitrogens is 1. The lowest BCUT2D eigenvalue weighted by Crippen LogP contribution is -2.76. The molecule has 2 rings (SSSR count). The minimum Gasteiger partial charge on any atom is -0.479 e. The summed E-state index contributed by atoms with van der Waals surface area (Å²) < 4.78 is 10.5. The highest BCUT2D eigenvalue weighted by atomic mass is 16.5. The van der Waals surface area contributed by atoms with Crippen molar-refractivity contribution in [2.24, 2.45) is 5.41 Å². The van der Waals surface area contributed by atoms with Gasteiger partial charge in [-0.05, 0) is 13.8 Å².